The predicted molar refractivity (Wildman–Crippen MR) is 70.0 cm³/mol. The molecule has 2 aromatic rings. The lowest BCUT2D eigenvalue weighted by atomic mass is 10.4. The lowest BCUT2D eigenvalue weighted by Gasteiger charge is -1.95. The number of thiophene rings is 1. The maximum Gasteiger partial charge on any atom is 0.142 e. The molecule has 0 N–H and O–H groups in total. The summed E-state index contributed by atoms with van der Waals surface area (Å²) in [6.07, 6.45) is 4.14. The first-order valence-electron chi connectivity index (χ1n) is 4.83. The van der Waals surface area contributed by atoms with Gasteiger partial charge in [-0.1, -0.05) is 30.0 Å². The van der Waals surface area contributed by atoms with Gasteiger partial charge in [0.15, 0.2) is 0 Å². The third-order valence-corrected chi connectivity index (χ3v) is 4.09. The summed E-state index contributed by atoms with van der Waals surface area (Å²) in [7, 11) is 0. The molecule has 3 heteroatoms. The fraction of sp³-hybridized carbons (Fsp3) is 0. The van der Waals surface area contributed by atoms with Gasteiger partial charge >= 0.3 is 0 Å². The fourth-order valence-electron chi connectivity index (χ4n) is 1.22. The second-order valence-electron chi connectivity index (χ2n) is 3.07. The van der Waals surface area contributed by atoms with Crippen molar-refractivity contribution in [2.45, 2.75) is 9.10 Å². The third-order valence-electron chi connectivity index (χ3n) is 1.90. The van der Waals surface area contributed by atoms with E-state index in [2.05, 4.69) is 18.2 Å². The Morgan fingerprint density at radius 3 is 2.62 bits per heavy atom. The zero-order chi connectivity index (χ0) is 11.2. The van der Waals surface area contributed by atoms with Crippen LogP contribution in [0, 0.1) is 0 Å². The van der Waals surface area contributed by atoms with E-state index in [9.17, 15) is 4.79 Å². The molecule has 1 aromatic heterocycles. The first kappa shape index (κ1) is 11.2. The zero-order valence-corrected chi connectivity index (χ0v) is 10.1. The van der Waals surface area contributed by atoms with Crippen LogP contribution in [-0.4, -0.2) is 6.29 Å². The number of benzene rings is 1. The van der Waals surface area contributed by atoms with Crippen LogP contribution in [0.5, 0.6) is 0 Å². The highest BCUT2D eigenvalue weighted by Gasteiger charge is 1.99. The quantitative estimate of drug-likeness (QED) is 0.596. The van der Waals surface area contributed by atoms with Crippen LogP contribution in [0.2, 0.25) is 0 Å². The predicted octanol–water partition coefficient (Wildman–Crippen LogP) is 4.11. The van der Waals surface area contributed by atoms with E-state index < -0.39 is 0 Å². The Bertz CT molecular complexity index is 486. The van der Waals surface area contributed by atoms with Crippen molar-refractivity contribution >= 4 is 35.5 Å². The molecule has 1 heterocycles. The van der Waals surface area contributed by atoms with E-state index in [4.69, 9.17) is 0 Å². The molecule has 0 radical (unpaired) electrons. The molecule has 2 rings (SSSR count). The molecule has 0 aliphatic carbocycles. The summed E-state index contributed by atoms with van der Waals surface area (Å²) in [6, 6.07) is 14.3. The van der Waals surface area contributed by atoms with Crippen molar-refractivity contribution in [2.75, 3.05) is 0 Å². The minimum absolute atomic E-state index is 0.795. The number of aldehydes is 1. The molecule has 0 unspecified atom stereocenters. The van der Waals surface area contributed by atoms with Crippen LogP contribution in [0.25, 0.3) is 6.08 Å². The van der Waals surface area contributed by atoms with Crippen LogP contribution in [0.15, 0.2) is 57.6 Å². The van der Waals surface area contributed by atoms with E-state index in [-0.39, 0.29) is 0 Å². The van der Waals surface area contributed by atoms with Crippen molar-refractivity contribution in [3.05, 3.63) is 53.4 Å². The Labute approximate surface area is 103 Å². The molecule has 0 bridgehead atoms. The van der Waals surface area contributed by atoms with Gasteiger partial charge in [-0.25, -0.2) is 0 Å². The summed E-state index contributed by atoms with van der Waals surface area (Å²) in [6.45, 7) is 0. The number of hydrogen-bond donors (Lipinski definition) is 0. The first-order chi connectivity index (χ1) is 7.88. The third kappa shape index (κ3) is 3.08. The smallest absolute Gasteiger partial charge is 0.142 e. The second-order valence-corrected chi connectivity index (χ2v) is 5.56. The van der Waals surface area contributed by atoms with Crippen molar-refractivity contribution in [3.63, 3.8) is 0 Å². The van der Waals surface area contributed by atoms with E-state index in [0.717, 1.165) is 11.2 Å². The van der Waals surface area contributed by atoms with Gasteiger partial charge in [-0.15, -0.1) is 11.3 Å². The van der Waals surface area contributed by atoms with Crippen LogP contribution >= 0.6 is 23.1 Å². The largest absolute Gasteiger partial charge is 0.299 e. The lowest BCUT2D eigenvalue weighted by molar-refractivity contribution is -0.104. The number of carbonyl (C=O) groups excluding carboxylic acids is 1. The molecule has 0 aliphatic rings. The molecule has 1 aromatic carbocycles. The summed E-state index contributed by atoms with van der Waals surface area (Å²) in [5.41, 5.74) is 0. The molecule has 1 nitrogen and oxygen atoms in total. The van der Waals surface area contributed by atoms with E-state index in [1.54, 1.807) is 23.1 Å². The highest BCUT2D eigenvalue weighted by Crippen LogP contribution is 2.33. The average Bonchev–Trinajstić information content (AvgIpc) is 2.75. The summed E-state index contributed by atoms with van der Waals surface area (Å²) < 4.78 is 1.23. The van der Waals surface area contributed by atoms with Gasteiger partial charge in [0.2, 0.25) is 0 Å². The zero-order valence-electron chi connectivity index (χ0n) is 8.50. The summed E-state index contributed by atoms with van der Waals surface area (Å²) >= 11 is 3.42. The molecule has 0 saturated heterocycles. The van der Waals surface area contributed by atoms with Gasteiger partial charge in [0.05, 0.1) is 4.21 Å². The Morgan fingerprint density at radius 1 is 1.06 bits per heavy atom. The Kier molecular flexibility index (Phi) is 3.97. The molecular weight excluding hydrogens is 236 g/mol. The Hall–Kier alpha value is -1.32. The van der Waals surface area contributed by atoms with Gasteiger partial charge in [-0.05, 0) is 36.4 Å². The fourth-order valence-corrected chi connectivity index (χ4v) is 3.27. The number of hydrogen-bond acceptors (Lipinski definition) is 3. The molecular formula is C13H10OS2. The second kappa shape index (κ2) is 5.68. The molecule has 0 saturated carbocycles. The van der Waals surface area contributed by atoms with Crippen molar-refractivity contribution < 1.29 is 4.79 Å². The Morgan fingerprint density at radius 2 is 1.88 bits per heavy atom. The highest BCUT2D eigenvalue weighted by atomic mass is 32.2. The van der Waals surface area contributed by atoms with E-state index >= 15 is 0 Å². The molecule has 0 fully saturated rings. The van der Waals surface area contributed by atoms with Gasteiger partial charge in [0, 0.05) is 9.77 Å². The van der Waals surface area contributed by atoms with Gasteiger partial charge < -0.3 is 0 Å². The van der Waals surface area contributed by atoms with E-state index in [1.807, 2.05) is 30.3 Å². The summed E-state index contributed by atoms with van der Waals surface area (Å²) in [4.78, 5) is 12.5. The van der Waals surface area contributed by atoms with Crippen LogP contribution in [0.4, 0.5) is 0 Å². The SMILES string of the molecule is O=C/C=C/c1ccc(Sc2ccccc2)s1. The average molecular weight is 246 g/mol. The van der Waals surface area contributed by atoms with Crippen LogP contribution in [-0.2, 0) is 4.79 Å². The minimum atomic E-state index is 0.795. The molecule has 0 spiro atoms. The molecule has 80 valence electrons. The standard InChI is InChI=1S/C13H10OS2/c14-10-4-7-12-8-9-13(16-12)15-11-5-2-1-3-6-11/h1-10H/b7-4+. The molecule has 0 atom stereocenters. The topological polar surface area (TPSA) is 17.1 Å². The van der Waals surface area contributed by atoms with Crippen molar-refractivity contribution in [2.24, 2.45) is 0 Å². The van der Waals surface area contributed by atoms with Crippen molar-refractivity contribution in [1.82, 2.24) is 0 Å². The number of allylic oxidation sites excluding steroid dienone is 1. The van der Waals surface area contributed by atoms with Crippen LogP contribution < -0.4 is 0 Å². The molecule has 0 amide bonds. The van der Waals surface area contributed by atoms with Crippen molar-refractivity contribution in [3.8, 4) is 0 Å². The van der Waals surface area contributed by atoms with Gasteiger partial charge in [0.25, 0.3) is 0 Å². The summed E-state index contributed by atoms with van der Waals surface area (Å²) in [5.74, 6) is 0. The minimum Gasteiger partial charge on any atom is -0.299 e. The van der Waals surface area contributed by atoms with Crippen molar-refractivity contribution in [1.29, 1.82) is 0 Å². The number of carbonyl (C=O) groups is 1. The van der Waals surface area contributed by atoms with Gasteiger partial charge in [0.1, 0.15) is 6.29 Å². The lowest BCUT2D eigenvalue weighted by Crippen LogP contribution is -1.65. The maximum absolute atomic E-state index is 10.2. The summed E-state index contributed by atoms with van der Waals surface area (Å²) in [5, 5.41) is 0. The van der Waals surface area contributed by atoms with Crippen LogP contribution in [0.1, 0.15) is 4.88 Å². The highest BCUT2D eigenvalue weighted by molar-refractivity contribution is 8.01. The van der Waals surface area contributed by atoms with Gasteiger partial charge in [-0.2, -0.15) is 0 Å². The molecule has 0 aliphatic heterocycles. The Balaban J connectivity index is 2.08. The number of rotatable bonds is 4. The molecule has 16 heavy (non-hydrogen) atoms. The normalized spacial score (nSPS) is 10.8. The van der Waals surface area contributed by atoms with Crippen LogP contribution in [0.3, 0.4) is 0 Å². The van der Waals surface area contributed by atoms with Gasteiger partial charge in [-0.3, -0.25) is 4.79 Å². The monoisotopic (exact) mass is 246 g/mol. The maximum atomic E-state index is 10.2. The van der Waals surface area contributed by atoms with E-state index in [0.29, 0.717) is 0 Å². The van der Waals surface area contributed by atoms with E-state index in [1.165, 1.54) is 15.2 Å². The first-order valence-corrected chi connectivity index (χ1v) is 6.46.